The van der Waals surface area contributed by atoms with Crippen molar-refractivity contribution in [3.63, 3.8) is 0 Å². The van der Waals surface area contributed by atoms with Gasteiger partial charge < -0.3 is 4.74 Å². The van der Waals surface area contributed by atoms with Gasteiger partial charge in [0.1, 0.15) is 5.82 Å². The number of hydrazine groups is 1. The van der Waals surface area contributed by atoms with Gasteiger partial charge in [0.05, 0.1) is 6.10 Å². The minimum atomic E-state index is -0.195. The molecule has 0 radical (unpaired) electrons. The van der Waals surface area contributed by atoms with E-state index in [0.717, 1.165) is 12.0 Å². The van der Waals surface area contributed by atoms with Crippen LogP contribution < -0.4 is 11.3 Å². The molecule has 3 nitrogen and oxygen atoms in total. The van der Waals surface area contributed by atoms with Gasteiger partial charge in [-0.2, -0.15) is 0 Å². The Hall–Kier alpha value is -0.970. The average molecular weight is 226 g/mol. The van der Waals surface area contributed by atoms with Crippen molar-refractivity contribution in [2.24, 2.45) is 5.84 Å². The molecule has 3 N–H and O–H groups in total. The molecule has 0 saturated heterocycles. The number of aryl methyl sites for hydroxylation is 1. The molecule has 0 aromatic heterocycles. The summed E-state index contributed by atoms with van der Waals surface area (Å²) in [5, 5.41) is 0. The summed E-state index contributed by atoms with van der Waals surface area (Å²) in [6.07, 6.45) is 0.851. The molecule has 0 aliphatic carbocycles. The molecule has 4 heteroatoms. The van der Waals surface area contributed by atoms with Gasteiger partial charge in [-0.3, -0.25) is 11.3 Å². The fraction of sp³-hybridized carbons (Fsp3) is 0.500. The van der Waals surface area contributed by atoms with Crippen LogP contribution in [0.3, 0.4) is 0 Å². The molecule has 0 aliphatic rings. The third-order valence-corrected chi connectivity index (χ3v) is 2.76. The Bertz CT molecular complexity index is 344. The fourth-order valence-corrected chi connectivity index (χ4v) is 1.61. The highest BCUT2D eigenvalue weighted by Crippen LogP contribution is 2.21. The Kier molecular flexibility index (Phi) is 4.86. The molecule has 90 valence electrons. The van der Waals surface area contributed by atoms with Crippen molar-refractivity contribution in [3.05, 3.63) is 35.1 Å². The van der Waals surface area contributed by atoms with Gasteiger partial charge in [0.15, 0.2) is 0 Å². The fourth-order valence-electron chi connectivity index (χ4n) is 1.61. The summed E-state index contributed by atoms with van der Waals surface area (Å²) < 4.78 is 18.3. The molecule has 0 amide bonds. The van der Waals surface area contributed by atoms with Crippen molar-refractivity contribution in [2.45, 2.75) is 32.4 Å². The highest BCUT2D eigenvalue weighted by molar-refractivity contribution is 5.26. The van der Waals surface area contributed by atoms with E-state index in [2.05, 4.69) is 5.43 Å². The first-order valence-corrected chi connectivity index (χ1v) is 5.33. The quantitative estimate of drug-likeness (QED) is 0.597. The van der Waals surface area contributed by atoms with Gasteiger partial charge in [0.2, 0.25) is 0 Å². The number of rotatable bonds is 5. The lowest BCUT2D eigenvalue weighted by Crippen LogP contribution is -2.30. The Morgan fingerprint density at radius 3 is 2.69 bits per heavy atom. The van der Waals surface area contributed by atoms with E-state index in [1.165, 1.54) is 6.07 Å². The molecule has 0 spiro atoms. The zero-order chi connectivity index (χ0) is 12.1. The van der Waals surface area contributed by atoms with E-state index in [1.807, 2.05) is 13.0 Å². The van der Waals surface area contributed by atoms with Gasteiger partial charge in [-0.15, -0.1) is 0 Å². The second-order valence-corrected chi connectivity index (χ2v) is 4.01. The third kappa shape index (κ3) is 3.27. The molecule has 0 bridgehead atoms. The van der Waals surface area contributed by atoms with E-state index >= 15 is 0 Å². The van der Waals surface area contributed by atoms with Crippen molar-refractivity contribution in [1.82, 2.24) is 5.43 Å². The minimum absolute atomic E-state index is 0.0192. The number of hydrogen-bond acceptors (Lipinski definition) is 3. The first kappa shape index (κ1) is 13.1. The molecular weight excluding hydrogens is 207 g/mol. The van der Waals surface area contributed by atoms with Crippen molar-refractivity contribution >= 4 is 0 Å². The smallest absolute Gasteiger partial charge is 0.126 e. The molecule has 16 heavy (non-hydrogen) atoms. The second-order valence-electron chi connectivity index (χ2n) is 4.01. The van der Waals surface area contributed by atoms with Crippen LogP contribution in [-0.4, -0.2) is 13.2 Å². The van der Waals surface area contributed by atoms with Crippen LogP contribution in [0.25, 0.3) is 0 Å². The van der Waals surface area contributed by atoms with E-state index in [4.69, 9.17) is 10.6 Å². The summed E-state index contributed by atoms with van der Waals surface area (Å²) in [4.78, 5) is 0. The van der Waals surface area contributed by atoms with Crippen LogP contribution in [0, 0.1) is 12.7 Å². The SMILES string of the molecule is COC(C)CC(NN)c1ccc(F)c(C)c1. The second kappa shape index (κ2) is 5.94. The predicted octanol–water partition coefficient (Wildman–Crippen LogP) is 2.06. The molecule has 0 heterocycles. The molecule has 2 unspecified atom stereocenters. The largest absolute Gasteiger partial charge is 0.382 e. The number of halogens is 1. The first-order valence-electron chi connectivity index (χ1n) is 5.33. The summed E-state index contributed by atoms with van der Waals surface area (Å²) in [5.41, 5.74) is 4.33. The maximum absolute atomic E-state index is 13.1. The number of nitrogens with two attached hydrogens (primary N) is 1. The number of benzene rings is 1. The number of hydrogen-bond donors (Lipinski definition) is 2. The summed E-state index contributed by atoms with van der Waals surface area (Å²) in [6, 6.07) is 5.00. The molecule has 2 atom stereocenters. The van der Waals surface area contributed by atoms with Gasteiger partial charge in [-0.05, 0) is 37.5 Å². The van der Waals surface area contributed by atoms with E-state index in [0.29, 0.717) is 5.56 Å². The van der Waals surface area contributed by atoms with Crippen molar-refractivity contribution in [1.29, 1.82) is 0 Å². The van der Waals surface area contributed by atoms with Crippen LogP contribution in [0.15, 0.2) is 18.2 Å². The van der Waals surface area contributed by atoms with E-state index < -0.39 is 0 Å². The lowest BCUT2D eigenvalue weighted by Gasteiger charge is -2.20. The van der Waals surface area contributed by atoms with Gasteiger partial charge >= 0.3 is 0 Å². The highest BCUT2D eigenvalue weighted by atomic mass is 19.1. The summed E-state index contributed by atoms with van der Waals surface area (Å²) >= 11 is 0. The van der Waals surface area contributed by atoms with Crippen LogP contribution >= 0.6 is 0 Å². The summed E-state index contributed by atoms with van der Waals surface area (Å²) in [6.45, 7) is 3.72. The third-order valence-electron chi connectivity index (χ3n) is 2.76. The van der Waals surface area contributed by atoms with Crippen LogP contribution in [0.4, 0.5) is 4.39 Å². The summed E-state index contributed by atoms with van der Waals surface area (Å²) in [5.74, 6) is 5.30. The maximum atomic E-state index is 13.1. The molecule has 0 aliphatic heterocycles. The highest BCUT2D eigenvalue weighted by Gasteiger charge is 2.14. The van der Waals surface area contributed by atoms with E-state index in [1.54, 1.807) is 20.1 Å². The predicted molar refractivity (Wildman–Crippen MR) is 62.3 cm³/mol. The lowest BCUT2D eigenvalue weighted by molar-refractivity contribution is 0.100. The van der Waals surface area contributed by atoms with E-state index in [9.17, 15) is 4.39 Å². The van der Waals surface area contributed by atoms with Crippen LogP contribution in [-0.2, 0) is 4.74 Å². The van der Waals surface area contributed by atoms with Crippen molar-refractivity contribution in [2.75, 3.05) is 7.11 Å². The normalized spacial score (nSPS) is 14.8. The number of ether oxygens (including phenoxy) is 1. The molecule has 0 fully saturated rings. The van der Waals surface area contributed by atoms with Gasteiger partial charge in [-0.25, -0.2) is 4.39 Å². The average Bonchev–Trinajstić information content (AvgIpc) is 2.29. The van der Waals surface area contributed by atoms with Crippen molar-refractivity contribution < 1.29 is 9.13 Å². The monoisotopic (exact) mass is 226 g/mol. The van der Waals surface area contributed by atoms with Crippen LogP contribution in [0.1, 0.15) is 30.5 Å². The van der Waals surface area contributed by atoms with Crippen LogP contribution in [0.5, 0.6) is 0 Å². The minimum Gasteiger partial charge on any atom is -0.382 e. The molecule has 1 aromatic rings. The summed E-state index contributed by atoms with van der Waals surface area (Å²) in [7, 11) is 1.66. The first-order chi connectivity index (χ1) is 7.58. The van der Waals surface area contributed by atoms with Gasteiger partial charge in [-0.1, -0.05) is 12.1 Å². The van der Waals surface area contributed by atoms with Gasteiger partial charge in [0.25, 0.3) is 0 Å². The molecule has 0 saturated carbocycles. The molecule has 1 rings (SSSR count). The number of nitrogens with one attached hydrogen (secondary N) is 1. The lowest BCUT2D eigenvalue weighted by atomic mass is 10.00. The van der Waals surface area contributed by atoms with Gasteiger partial charge in [0, 0.05) is 13.2 Å². The zero-order valence-corrected chi connectivity index (χ0v) is 9.96. The van der Waals surface area contributed by atoms with Crippen molar-refractivity contribution in [3.8, 4) is 0 Å². The Morgan fingerprint density at radius 2 is 2.19 bits per heavy atom. The Labute approximate surface area is 95.8 Å². The zero-order valence-electron chi connectivity index (χ0n) is 9.96. The molecule has 1 aromatic carbocycles. The van der Waals surface area contributed by atoms with Crippen LogP contribution in [0.2, 0.25) is 0 Å². The van der Waals surface area contributed by atoms with E-state index in [-0.39, 0.29) is 18.0 Å². The number of methoxy groups -OCH3 is 1. The Balaban J connectivity index is 2.82. The molecular formula is C12H19FN2O. The standard InChI is InChI=1S/C12H19FN2O/c1-8-6-10(4-5-11(8)13)12(15-14)7-9(2)16-3/h4-6,9,12,15H,7,14H2,1-3H3. The maximum Gasteiger partial charge on any atom is 0.126 e. The Morgan fingerprint density at radius 1 is 1.50 bits per heavy atom. The topological polar surface area (TPSA) is 47.3 Å².